The molecule has 0 aromatic carbocycles. The largest absolute Gasteiger partial charge is 0.329 e. The highest BCUT2D eigenvalue weighted by atomic mass is 32.2. The lowest BCUT2D eigenvalue weighted by atomic mass is 10.4. The number of aryl methyl sites for hydroxylation is 1. The third-order valence-corrected chi connectivity index (χ3v) is 6.82. The number of nitrogens with two attached hydrogens (primary N) is 1. The van der Waals surface area contributed by atoms with E-state index in [1.165, 1.54) is 0 Å². The Morgan fingerprint density at radius 1 is 1.45 bits per heavy atom. The van der Waals surface area contributed by atoms with Crippen molar-refractivity contribution in [3.05, 3.63) is 11.4 Å². The maximum Gasteiger partial charge on any atom is 0.244 e. The molecule has 1 aromatic heterocycles. The number of hydrogen-bond acceptors (Lipinski definition) is 5. The molecule has 0 aliphatic heterocycles. The summed E-state index contributed by atoms with van der Waals surface area (Å²) in [5.74, 6) is 0. The molecular formula is C12H22N4O2S2. The van der Waals surface area contributed by atoms with Gasteiger partial charge in [-0.25, -0.2) is 13.1 Å². The highest BCUT2D eigenvalue weighted by Gasteiger charge is 2.43. The van der Waals surface area contributed by atoms with Crippen LogP contribution in [0.4, 0.5) is 0 Å². The molecule has 0 radical (unpaired) electrons. The number of sulfonamides is 1. The zero-order valence-corrected chi connectivity index (χ0v) is 13.8. The van der Waals surface area contributed by atoms with Crippen molar-refractivity contribution in [3.63, 3.8) is 0 Å². The lowest BCUT2D eigenvalue weighted by Crippen LogP contribution is -2.32. The van der Waals surface area contributed by atoms with Gasteiger partial charge in [-0.2, -0.15) is 16.9 Å². The van der Waals surface area contributed by atoms with E-state index in [1.807, 2.05) is 6.26 Å². The molecule has 0 spiro atoms. The zero-order chi connectivity index (χ0) is 15.0. The third-order valence-electron chi connectivity index (χ3n) is 3.75. The van der Waals surface area contributed by atoms with Gasteiger partial charge in [-0.15, -0.1) is 0 Å². The molecule has 0 unspecified atom stereocenters. The van der Waals surface area contributed by atoms with Crippen LogP contribution in [-0.2, 0) is 16.6 Å². The topological polar surface area (TPSA) is 90.0 Å². The summed E-state index contributed by atoms with van der Waals surface area (Å²) in [7, 11) is -3.51. The number of aromatic nitrogens is 2. The smallest absolute Gasteiger partial charge is 0.244 e. The maximum atomic E-state index is 12.5. The molecule has 2 rings (SSSR count). The standard InChI is InChI=1S/C12H22N4O2S2/c1-9-11(10(2)16(15-9)7-6-13)20(17,18)14-8-12(19-3)4-5-12/h14H,4-8,13H2,1-3H3. The minimum Gasteiger partial charge on any atom is -0.329 e. The molecule has 0 saturated heterocycles. The van der Waals surface area contributed by atoms with Crippen molar-refractivity contribution < 1.29 is 8.42 Å². The van der Waals surface area contributed by atoms with Crippen molar-refractivity contribution >= 4 is 21.8 Å². The number of nitrogens with one attached hydrogen (secondary N) is 1. The van der Waals surface area contributed by atoms with Gasteiger partial charge in [0.15, 0.2) is 0 Å². The Hall–Kier alpha value is -0.570. The van der Waals surface area contributed by atoms with Gasteiger partial charge in [-0.1, -0.05) is 0 Å². The second kappa shape index (κ2) is 5.67. The fourth-order valence-corrected chi connectivity index (χ4v) is 4.65. The first kappa shape index (κ1) is 15.8. The first-order valence-corrected chi connectivity index (χ1v) is 9.35. The molecule has 1 aromatic rings. The van der Waals surface area contributed by atoms with Crippen LogP contribution in [0.15, 0.2) is 4.90 Å². The molecule has 1 heterocycles. The van der Waals surface area contributed by atoms with Crippen molar-refractivity contribution in [1.82, 2.24) is 14.5 Å². The lowest BCUT2D eigenvalue weighted by molar-refractivity contribution is 0.576. The van der Waals surface area contributed by atoms with Crippen molar-refractivity contribution in [2.24, 2.45) is 5.73 Å². The third kappa shape index (κ3) is 3.03. The molecule has 20 heavy (non-hydrogen) atoms. The van der Waals surface area contributed by atoms with Gasteiger partial charge in [-0.05, 0) is 32.9 Å². The van der Waals surface area contributed by atoms with Gasteiger partial charge < -0.3 is 5.73 Å². The van der Waals surface area contributed by atoms with Gasteiger partial charge in [-0.3, -0.25) is 4.68 Å². The minimum absolute atomic E-state index is 0.0993. The lowest BCUT2D eigenvalue weighted by Gasteiger charge is -2.13. The highest BCUT2D eigenvalue weighted by molar-refractivity contribution is 8.00. The first-order chi connectivity index (χ1) is 9.35. The Balaban J connectivity index is 2.21. The van der Waals surface area contributed by atoms with E-state index < -0.39 is 10.0 Å². The van der Waals surface area contributed by atoms with Crippen molar-refractivity contribution in [2.45, 2.75) is 42.9 Å². The van der Waals surface area contributed by atoms with Crippen LogP contribution in [0.1, 0.15) is 24.2 Å². The van der Waals surface area contributed by atoms with Crippen LogP contribution >= 0.6 is 11.8 Å². The molecule has 3 N–H and O–H groups in total. The molecule has 0 amide bonds. The summed E-state index contributed by atoms with van der Waals surface area (Å²) in [6.07, 6.45) is 4.17. The van der Waals surface area contributed by atoms with Crippen LogP contribution in [0, 0.1) is 13.8 Å². The van der Waals surface area contributed by atoms with Crippen molar-refractivity contribution in [3.8, 4) is 0 Å². The van der Waals surface area contributed by atoms with E-state index in [1.54, 1.807) is 30.3 Å². The summed E-state index contributed by atoms with van der Waals surface area (Å²) in [6, 6.07) is 0. The second-order valence-corrected chi connectivity index (χ2v) is 8.20. The van der Waals surface area contributed by atoms with Gasteiger partial charge in [0, 0.05) is 17.8 Å². The van der Waals surface area contributed by atoms with Crippen LogP contribution in [0.25, 0.3) is 0 Å². The maximum absolute atomic E-state index is 12.5. The number of thioether (sulfide) groups is 1. The van der Waals surface area contributed by atoms with E-state index in [-0.39, 0.29) is 4.75 Å². The summed E-state index contributed by atoms with van der Waals surface area (Å²) in [5.41, 5.74) is 6.68. The molecule has 1 aliphatic carbocycles. The Labute approximate surface area is 124 Å². The predicted octanol–water partition coefficient (Wildman–Crippen LogP) is 0.633. The average molecular weight is 318 g/mol. The van der Waals surface area contributed by atoms with E-state index >= 15 is 0 Å². The van der Waals surface area contributed by atoms with E-state index in [2.05, 4.69) is 9.82 Å². The molecule has 0 bridgehead atoms. The van der Waals surface area contributed by atoms with E-state index in [0.29, 0.717) is 35.9 Å². The summed E-state index contributed by atoms with van der Waals surface area (Å²) < 4.78 is 29.4. The molecule has 114 valence electrons. The molecule has 1 aliphatic rings. The summed E-state index contributed by atoms with van der Waals surface area (Å²) >= 11 is 1.73. The normalized spacial score (nSPS) is 17.4. The summed E-state index contributed by atoms with van der Waals surface area (Å²) in [5, 5.41) is 4.26. The second-order valence-electron chi connectivity index (χ2n) is 5.22. The van der Waals surface area contributed by atoms with Crippen LogP contribution in [0.3, 0.4) is 0 Å². The van der Waals surface area contributed by atoms with Gasteiger partial charge in [0.25, 0.3) is 0 Å². The van der Waals surface area contributed by atoms with E-state index in [4.69, 9.17) is 5.73 Å². The van der Waals surface area contributed by atoms with E-state index in [0.717, 1.165) is 12.8 Å². The first-order valence-electron chi connectivity index (χ1n) is 6.64. The van der Waals surface area contributed by atoms with Crippen LogP contribution in [-0.4, -0.2) is 42.3 Å². The molecule has 8 heteroatoms. The number of nitrogens with zero attached hydrogens (tertiary/aromatic N) is 2. The molecular weight excluding hydrogens is 296 g/mol. The molecule has 0 atom stereocenters. The van der Waals surface area contributed by atoms with Crippen molar-refractivity contribution in [2.75, 3.05) is 19.3 Å². The zero-order valence-electron chi connectivity index (χ0n) is 12.1. The van der Waals surface area contributed by atoms with Gasteiger partial charge in [0.2, 0.25) is 10.0 Å². The Kier molecular flexibility index (Phi) is 4.48. The summed E-state index contributed by atoms with van der Waals surface area (Å²) in [6.45, 7) is 4.93. The highest BCUT2D eigenvalue weighted by Crippen LogP contribution is 2.46. The Bertz CT molecular complexity index is 591. The average Bonchev–Trinajstić information content (AvgIpc) is 3.11. The molecule has 1 saturated carbocycles. The fraction of sp³-hybridized carbons (Fsp3) is 0.750. The number of hydrogen-bond donors (Lipinski definition) is 2. The monoisotopic (exact) mass is 318 g/mol. The SMILES string of the molecule is CSC1(CNS(=O)(=O)c2c(C)nn(CCN)c2C)CC1. The minimum atomic E-state index is -3.51. The molecule has 1 fully saturated rings. The van der Waals surface area contributed by atoms with Gasteiger partial charge in [0.05, 0.1) is 17.9 Å². The van der Waals surface area contributed by atoms with E-state index in [9.17, 15) is 8.42 Å². The van der Waals surface area contributed by atoms with Gasteiger partial charge in [0.1, 0.15) is 4.90 Å². The fourth-order valence-electron chi connectivity index (χ4n) is 2.30. The molecule has 6 nitrogen and oxygen atoms in total. The Morgan fingerprint density at radius 2 is 2.10 bits per heavy atom. The number of rotatable bonds is 7. The van der Waals surface area contributed by atoms with Gasteiger partial charge >= 0.3 is 0 Å². The van der Waals surface area contributed by atoms with Crippen LogP contribution < -0.4 is 10.5 Å². The van der Waals surface area contributed by atoms with Crippen LogP contribution in [0.5, 0.6) is 0 Å². The summed E-state index contributed by atoms with van der Waals surface area (Å²) in [4.78, 5) is 0.294. The van der Waals surface area contributed by atoms with Crippen molar-refractivity contribution in [1.29, 1.82) is 0 Å². The predicted molar refractivity (Wildman–Crippen MR) is 81.4 cm³/mol. The van der Waals surface area contributed by atoms with Crippen LogP contribution in [0.2, 0.25) is 0 Å². The quantitative estimate of drug-likeness (QED) is 0.770. The Morgan fingerprint density at radius 3 is 2.60 bits per heavy atom.